The molecule has 0 radical (unpaired) electrons. The molecular formula is C41H26N2O. The van der Waals surface area contributed by atoms with Crippen molar-refractivity contribution < 1.29 is 4.42 Å². The standard InChI is InChI=1S/C41H26N2O/c1-2-8-27(9-3-1)28-18-20-32(21-19-28)43(34-25-39-41(42-26-34)37-12-6-7-13-38(37)44-39)33-22-23-36-31(24-33)17-16-30-15-14-29-10-4-5-11-35(29)40(30)36/h1-26H. The smallest absolute Gasteiger partial charge is 0.155 e. The molecule has 0 bridgehead atoms. The van der Waals surface area contributed by atoms with Gasteiger partial charge in [-0.05, 0) is 79.8 Å². The molecule has 3 nitrogen and oxygen atoms in total. The molecule has 0 saturated heterocycles. The summed E-state index contributed by atoms with van der Waals surface area (Å²) >= 11 is 0. The monoisotopic (exact) mass is 562 g/mol. The van der Waals surface area contributed by atoms with Crippen molar-refractivity contribution in [2.24, 2.45) is 0 Å². The summed E-state index contributed by atoms with van der Waals surface area (Å²) in [4.78, 5) is 7.17. The molecule has 0 aliphatic heterocycles. The Bertz CT molecular complexity index is 2490. The lowest BCUT2D eigenvalue weighted by Crippen LogP contribution is -2.10. The highest BCUT2D eigenvalue weighted by atomic mass is 16.3. The fourth-order valence-corrected chi connectivity index (χ4v) is 6.55. The second-order valence-corrected chi connectivity index (χ2v) is 11.2. The van der Waals surface area contributed by atoms with Gasteiger partial charge in [-0.25, -0.2) is 4.98 Å². The Morgan fingerprint density at radius 2 is 1.09 bits per heavy atom. The van der Waals surface area contributed by atoms with E-state index in [1.165, 1.54) is 43.4 Å². The summed E-state index contributed by atoms with van der Waals surface area (Å²) in [6.45, 7) is 0. The number of aromatic nitrogens is 1. The molecule has 206 valence electrons. The molecule has 0 N–H and O–H groups in total. The molecular weight excluding hydrogens is 536 g/mol. The topological polar surface area (TPSA) is 29.3 Å². The van der Waals surface area contributed by atoms with E-state index >= 15 is 0 Å². The zero-order valence-electron chi connectivity index (χ0n) is 23.8. The van der Waals surface area contributed by atoms with Crippen LogP contribution in [0.5, 0.6) is 0 Å². The van der Waals surface area contributed by atoms with Gasteiger partial charge in [-0.15, -0.1) is 0 Å². The first-order valence-corrected chi connectivity index (χ1v) is 14.9. The third kappa shape index (κ3) is 3.94. The van der Waals surface area contributed by atoms with Crippen molar-refractivity contribution in [3.8, 4) is 11.1 Å². The summed E-state index contributed by atoms with van der Waals surface area (Å²) in [5.41, 5.74) is 7.91. The molecule has 0 spiro atoms. The number of benzene rings is 7. The predicted molar refractivity (Wildman–Crippen MR) is 184 cm³/mol. The minimum Gasteiger partial charge on any atom is -0.454 e. The van der Waals surface area contributed by atoms with Crippen LogP contribution in [0.15, 0.2) is 162 Å². The van der Waals surface area contributed by atoms with Gasteiger partial charge < -0.3 is 9.32 Å². The normalized spacial score (nSPS) is 11.6. The van der Waals surface area contributed by atoms with Gasteiger partial charge in [0.1, 0.15) is 11.1 Å². The Morgan fingerprint density at radius 3 is 1.95 bits per heavy atom. The molecule has 3 heteroatoms. The minimum atomic E-state index is 0.771. The van der Waals surface area contributed by atoms with Crippen LogP contribution in [0.3, 0.4) is 0 Å². The lowest BCUT2D eigenvalue weighted by atomic mass is 9.96. The molecule has 44 heavy (non-hydrogen) atoms. The van der Waals surface area contributed by atoms with Crippen LogP contribution in [0.4, 0.5) is 17.1 Å². The van der Waals surface area contributed by atoms with E-state index in [0.717, 1.165) is 39.1 Å². The SMILES string of the molecule is c1ccc(-c2ccc(N(c3ccc4c(ccc5ccc6ccccc6c54)c3)c3cnc4c(c3)oc3ccccc34)cc2)cc1. The second kappa shape index (κ2) is 9.82. The highest BCUT2D eigenvalue weighted by Crippen LogP contribution is 2.40. The minimum absolute atomic E-state index is 0.771. The average molecular weight is 563 g/mol. The Hall–Kier alpha value is -5.93. The maximum atomic E-state index is 6.26. The largest absolute Gasteiger partial charge is 0.454 e. The Balaban J connectivity index is 1.24. The molecule has 0 aliphatic carbocycles. The number of para-hydroxylation sites is 1. The van der Waals surface area contributed by atoms with E-state index in [1.54, 1.807) is 0 Å². The van der Waals surface area contributed by atoms with Gasteiger partial charge in [-0.3, -0.25) is 0 Å². The fourth-order valence-electron chi connectivity index (χ4n) is 6.55. The predicted octanol–water partition coefficient (Wildman–Crippen LogP) is 11.6. The number of nitrogens with zero attached hydrogens (tertiary/aromatic N) is 2. The van der Waals surface area contributed by atoms with Gasteiger partial charge in [0.25, 0.3) is 0 Å². The van der Waals surface area contributed by atoms with Gasteiger partial charge in [0.05, 0.1) is 11.9 Å². The second-order valence-electron chi connectivity index (χ2n) is 11.2. The number of pyridine rings is 1. The molecule has 2 aromatic heterocycles. The van der Waals surface area contributed by atoms with Crippen molar-refractivity contribution in [1.82, 2.24) is 4.98 Å². The number of anilines is 3. The lowest BCUT2D eigenvalue weighted by molar-refractivity contribution is 0.668. The molecule has 2 heterocycles. The van der Waals surface area contributed by atoms with Crippen LogP contribution in [-0.2, 0) is 0 Å². The number of fused-ring (bicyclic) bond motifs is 8. The Labute approximate surface area is 254 Å². The van der Waals surface area contributed by atoms with Crippen LogP contribution < -0.4 is 4.90 Å². The third-order valence-corrected chi connectivity index (χ3v) is 8.66. The first kappa shape index (κ1) is 24.6. The van der Waals surface area contributed by atoms with E-state index < -0.39 is 0 Å². The lowest BCUT2D eigenvalue weighted by Gasteiger charge is -2.26. The van der Waals surface area contributed by atoms with E-state index in [2.05, 4.69) is 132 Å². The zero-order chi connectivity index (χ0) is 29.0. The van der Waals surface area contributed by atoms with Crippen molar-refractivity contribution in [3.63, 3.8) is 0 Å². The highest BCUT2D eigenvalue weighted by Gasteiger charge is 2.17. The molecule has 9 aromatic rings. The molecule has 0 aliphatic rings. The summed E-state index contributed by atoms with van der Waals surface area (Å²) in [5, 5.41) is 8.52. The van der Waals surface area contributed by atoms with Crippen molar-refractivity contribution >= 4 is 71.4 Å². The quantitative estimate of drug-likeness (QED) is 0.200. The molecule has 0 fully saturated rings. The van der Waals surface area contributed by atoms with Crippen LogP contribution in [0.1, 0.15) is 0 Å². The van der Waals surface area contributed by atoms with Crippen molar-refractivity contribution in [2.75, 3.05) is 4.90 Å². The first-order chi connectivity index (χ1) is 21.8. The van der Waals surface area contributed by atoms with Gasteiger partial charge in [-0.2, -0.15) is 0 Å². The fraction of sp³-hybridized carbons (Fsp3) is 0. The van der Waals surface area contributed by atoms with E-state index in [4.69, 9.17) is 9.40 Å². The summed E-state index contributed by atoms with van der Waals surface area (Å²) in [7, 11) is 0. The summed E-state index contributed by atoms with van der Waals surface area (Å²) in [5.74, 6) is 0. The summed E-state index contributed by atoms with van der Waals surface area (Å²) in [6.07, 6.45) is 1.95. The molecule has 0 unspecified atom stereocenters. The molecule has 0 atom stereocenters. The van der Waals surface area contributed by atoms with Gasteiger partial charge in [-0.1, -0.05) is 109 Å². The van der Waals surface area contributed by atoms with E-state index in [0.29, 0.717) is 0 Å². The summed E-state index contributed by atoms with van der Waals surface area (Å²) < 4.78 is 6.26. The Morgan fingerprint density at radius 1 is 0.432 bits per heavy atom. The molecule has 0 amide bonds. The maximum absolute atomic E-state index is 6.26. The van der Waals surface area contributed by atoms with Crippen LogP contribution >= 0.6 is 0 Å². The van der Waals surface area contributed by atoms with Gasteiger partial charge >= 0.3 is 0 Å². The number of hydrogen-bond acceptors (Lipinski definition) is 3. The maximum Gasteiger partial charge on any atom is 0.155 e. The average Bonchev–Trinajstić information content (AvgIpc) is 3.47. The van der Waals surface area contributed by atoms with Gasteiger partial charge in [0.15, 0.2) is 5.58 Å². The number of hydrogen-bond donors (Lipinski definition) is 0. The summed E-state index contributed by atoms with van der Waals surface area (Å²) in [6, 6.07) is 53.7. The highest BCUT2D eigenvalue weighted by molar-refractivity contribution is 6.20. The van der Waals surface area contributed by atoms with Crippen LogP contribution in [0, 0.1) is 0 Å². The van der Waals surface area contributed by atoms with Crippen molar-refractivity contribution in [3.05, 3.63) is 158 Å². The van der Waals surface area contributed by atoms with E-state index in [-0.39, 0.29) is 0 Å². The first-order valence-electron chi connectivity index (χ1n) is 14.9. The molecule has 0 saturated carbocycles. The van der Waals surface area contributed by atoms with Crippen LogP contribution in [0.25, 0.3) is 65.5 Å². The third-order valence-electron chi connectivity index (χ3n) is 8.66. The van der Waals surface area contributed by atoms with Crippen LogP contribution in [0.2, 0.25) is 0 Å². The molecule has 9 rings (SSSR count). The van der Waals surface area contributed by atoms with Crippen molar-refractivity contribution in [1.29, 1.82) is 0 Å². The Kier molecular flexibility index (Phi) is 5.50. The van der Waals surface area contributed by atoms with Crippen molar-refractivity contribution in [2.45, 2.75) is 0 Å². The van der Waals surface area contributed by atoms with Crippen LogP contribution in [-0.4, -0.2) is 4.98 Å². The zero-order valence-corrected chi connectivity index (χ0v) is 23.8. The van der Waals surface area contributed by atoms with E-state index in [1.807, 2.05) is 30.5 Å². The molecule has 7 aromatic carbocycles. The van der Waals surface area contributed by atoms with Gasteiger partial charge in [0, 0.05) is 22.8 Å². The van der Waals surface area contributed by atoms with E-state index in [9.17, 15) is 0 Å². The van der Waals surface area contributed by atoms with Gasteiger partial charge in [0.2, 0.25) is 0 Å². The number of rotatable bonds is 4. The number of furan rings is 1.